The van der Waals surface area contributed by atoms with Crippen LogP contribution in [0.2, 0.25) is 0 Å². The highest BCUT2D eigenvalue weighted by Gasteiger charge is 2.47. The predicted octanol–water partition coefficient (Wildman–Crippen LogP) is 5.79. The van der Waals surface area contributed by atoms with E-state index in [1.165, 1.54) is 0 Å². The van der Waals surface area contributed by atoms with Gasteiger partial charge in [0.15, 0.2) is 6.29 Å². The number of aliphatic hydroxyl groups is 1. The number of benzene rings is 4. The summed E-state index contributed by atoms with van der Waals surface area (Å²) in [6.45, 7) is 1.86. The molecule has 1 aliphatic heterocycles. The normalized spacial score (nSPS) is 20.8. The van der Waals surface area contributed by atoms with Crippen molar-refractivity contribution in [1.82, 2.24) is 5.32 Å². The van der Waals surface area contributed by atoms with Crippen LogP contribution in [-0.2, 0) is 54.8 Å². The van der Waals surface area contributed by atoms with E-state index in [1.54, 1.807) is 0 Å². The second-order valence-corrected chi connectivity index (χ2v) is 11.3. The van der Waals surface area contributed by atoms with E-state index in [0.29, 0.717) is 19.6 Å². The van der Waals surface area contributed by atoms with E-state index in [9.17, 15) is 9.90 Å². The third-order valence-electron chi connectivity index (χ3n) is 7.67. The molecule has 2 N–H and O–H groups in total. The first-order chi connectivity index (χ1) is 23.2. The zero-order valence-corrected chi connectivity index (χ0v) is 26.4. The fraction of sp³-hybridized carbons (Fsp3) is 0.342. The fourth-order valence-corrected chi connectivity index (χ4v) is 5.18. The minimum atomic E-state index is -1.07. The number of carbonyl (C=O) groups excluding carboxylic acids is 1. The van der Waals surface area contributed by atoms with Crippen molar-refractivity contribution >= 4 is 6.09 Å². The minimum absolute atomic E-state index is 0.172. The second-order valence-electron chi connectivity index (χ2n) is 11.3. The van der Waals surface area contributed by atoms with E-state index < -0.39 is 36.8 Å². The van der Waals surface area contributed by atoms with Crippen LogP contribution in [-0.4, -0.2) is 61.7 Å². The second kappa shape index (κ2) is 18.9. The van der Waals surface area contributed by atoms with Crippen molar-refractivity contribution in [3.8, 4) is 0 Å². The number of alkyl carbamates (subject to hydrolysis) is 1. The molecule has 0 aromatic heterocycles. The van der Waals surface area contributed by atoms with Gasteiger partial charge in [-0.1, -0.05) is 121 Å². The van der Waals surface area contributed by atoms with Crippen LogP contribution in [0.3, 0.4) is 0 Å². The lowest BCUT2D eigenvalue weighted by Crippen LogP contribution is -2.61. The van der Waals surface area contributed by atoms with Gasteiger partial charge in [-0.2, -0.15) is 0 Å². The van der Waals surface area contributed by atoms with Gasteiger partial charge in [-0.25, -0.2) is 4.79 Å². The first-order valence-corrected chi connectivity index (χ1v) is 16.0. The van der Waals surface area contributed by atoms with E-state index in [0.717, 1.165) is 22.3 Å². The van der Waals surface area contributed by atoms with Gasteiger partial charge >= 0.3 is 6.09 Å². The Morgan fingerprint density at radius 1 is 0.638 bits per heavy atom. The smallest absolute Gasteiger partial charge is 0.407 e. The molecule has 0 bridgehead atoms. The molecule has 0 radical (unpaired) electrons. The summed E-state index contributed by atoms with van der Waals surface area (Å²) in [7, 11) is 0. The Morgan fingerprint density at radius 3 is 1.68 bits per heavy atom. The molecule has 9 heteroatoms. The van der Waals surface area contributed by atoms with Gasteiger partial charge in [-0.3, -0.25) is 0 Å². The number of rotatable bonds is 17. The molecular formula is C38H43NO8. The average molecular weight is 642 g/mol. The number of carbonyl (C=O) groups is 1. The van der Waals surface area contributed by atoms with Crippen molar-refractivity contribution in [2.24, 2.45) is 0 Å². The summed E-state index contributed by atoms with van der Waals surface area (Å²) < 4.78 is 36.5. The highest BCUT2D eigenvalue weighted by Crippen LogP contribution is 2.29. The van der Waals surface area contributed by atoms with Crippen LogP contribution in [0, 0.1) is 0 Å². The molecule has 9 nitrogen and oxygen atoms in total. The SMILES string of the molecule is O=C(NCCCO[C@H]1O[C@H](COCc2ccccc2)[C@@H](OCc2ccccc2)[C@H](O)[C@@H]1OCc1ccccc1)OCc1ccccc1. The Kier molecular flexibility index (Phi) is 13.8. The van der Waals surface area contributed by atoms with Crippen molar-refractivity contribution in [1.29, 1.82) is 0 Å². The highest BCUT2D eigenvalue weighted by atomic mass is 16.7. The van der Waals surface area contributed by atoms with Crippen LogP contribution in [0.1, 0.15) is 28.7 Å². The molecular weight excluding hydrogens is 598 g/mol. The van der Waals surface area contributed by atoms with Crippen LogP contribution in [0.25, 0.3) is 0 Å². The molecule has 1 heterocycles. The van der Waals surface area contributed by atoms with Crippen molar-refractivity contribution < 1.29 is 38.3 Å². The zero-order chi connectivity index (χ0) is 32.5. The van der Waals surface area contributed by atoms with E-state index in [2.05, 4.69) is 5.32 Å². The summed E-state index contributed by atoms with van der Waals surface area (Å²) in [4.78, 5) is 12.2. The summed E-state index contributed by atoms with van der Waals surface area (Å²) in [5.41, 5.74) is 3.86. The van der Waals surface area contributed by atoms with Crippen LogP contribution < -0.4 is 5.32 Å². The van der Waals surface area contributed by atoms with E-state index in [1.807, 2.05) is 121 Å². The predicted molar refractivity (Wildman–Crippen MR) is 176 cm³/mol. The van der Waals surface area contributed by atoms with Gasteiger partial charge < -0.3 is 38.8 Å². The van der Waals surface area contributed by atoms with E-state index in [-0.39, 0.29) is 33.0 Å². The lowest BCUT2D eigenvalue weighted by Gasteiger charge is -2.44. The van der Waals surface area contributed by atoms with Crippen LogP contribution in [0.15, 0.2) is 121 Å². The highest BCUT2D eigenvalue weighted by molar-refractivity contribution is 5.67. The van der Waals surface area contributed by atoms with Crippen LogP contribution in [0.4, 0.5) is 4.79 Å². The number of nitrogens with one attached hydrogen (secondary N) is 1. The first-order valence-electron chi connectivity index (χ1n) is 16.0. The molecule has 1 saturated heterocycles. The number of ether oxygens (including phenoxy) is 6. The quantitative estimate of drug-likeness (QED) is 0.140. The molecule has 0 saturated carbocycles. The third-order valence-corrected chi connectivity index (χ3v) is 7.67. The zero-order valence-electron chi connectivity index (χ0n) is 26.4. The molecule has 5 rings (SSSR count). The Hall–Kier alpha value is -4.09. The van der Waals surface area contributed by atoms with E-state index in [4.69, 9.17) is 28.4 Å². The third kappa shape index (κ3) is 11.3. The number of hydrogen-bond donors (Lipinski definition) is 2. The Labute approximate surface area is 276 Å². The Bertz CT molecular complexity index is 1430. The van der Waals surface area contributed by atoms with Crippen molar-refractivity contribution in [2.45, 2.75) is 63.6 Å². The van der Waals surface area contributed by atoms with E-state index >= 15 is 0 Å². The average Bonchev–Trinajstić information content (AvgIpc) is 3.12. The van der Waals surface area contributed by atoms with Crippen molar-refractivity contribution in [2.75, 3.05) is 19.8 Å². The summed E-state index contributed by atoms with van der Waals surface area (Å²) >= 11 is 0. The minimum Gasteiger partial charge on any atom is -0.445 e. The summed E-state index contributed by atoms with van der Waals surface area (Å²) in [6.07, 6.45) is -4.21. The molecule has 47 heavy (non-hydrogen) atoms. The standard InChI is InChI=1S/C38H43NO8/c40-34-35(44-25-30-16-7-2-8-17-30)33(28-42-24-29-14-5-1-6-15-29)47-37(36(34)45-26-31-18-9-3-10-19-31)43-23-13-22-39-38(41)46-27-32-20-11-4-12-21-32/h1-12,14-21,33-37,40H,13,22-28H2,(H,39,41)/t33-,34+,35-,36+,37+/m1/s1. The molecule has 0 unspecified atom stereocenters. The maximum absolute atomic E-state index is 12.2. The molecule has 4 aromatic rings. The first kappa shape index (κ1) is 34.3. The van der Waals surface area contributed by atoms with Crippen LogP contribution in [0.5, 0.6) is 0 Å². The summed E-state index contributed by atoms with van der Waals surface area (Å²) in [5, 5.41) is 14.5. The Balaban J connectivity index is 1.20. The van der Waals surface area contributed by atoms with Gasteiger partial charge in [0.05, 0.1) is 33.0 Å². The monoisotopic (exact) mass is 641 g/mol. The Morgan fingerprint density at radius 2 is 1.13 bits per heavy atom. The van der Waals surface area contributed by atoms with Gasteiger partial charge in [-0.15, -0.1) is 0 Å². The lowest BCUT2D eigenvalue weighted by atomic mass is 9.98. The van der Waals surface area contributed by atoms with Crippen molar-refractivity contribution in [3.63, 3.8) is 0 Å². The van der Waals surface area contributed by atoms with Gasteiger partial charge in [0.25, 0.3) is 0 Å². The van der Waals surface area contributed by atoms with Gasteiger partial charge in [0.1, 0.15) is 31.0 Å². The fourth-order valence-electron chi connectivity index (χ4n) is 5.18. The molecule has 248 valence electrons. The summed E-state index contributed by atoms with van der Waals surface area (Å²) in [5.74, 6) is 0. The van der Waals surface area contributed by atoms with Gasteiger partial charge in [-0.05, 0) is 28.7 Å². The molecule has 5 atom stereocenters. The lowest BCUT2D eigenvalue weighted by molar-refractivity contribution is -0.320. The number of amides is 1. The van der Waals surface area contributed by atoms with Crippen LogP contribution >= 0.6 is 0 Å². The number of hydrogen-bond acceptors (Lipinski definition) is 8. The molecule has 4 aromatic carbocycles. The molecule has 1 fully saturated rings. The molecule has 1 aliphatic rings. The largest absolute Gasteiger partial charge is 0.445 e. The summed E-state index contributed by atoms with van der Waals surface area (Å²) in [6, 6.07) is 38.8. The maximum atomic E-state index is 12.2. The molecule has 0 aliphatic carbocycles. The molecule has 1 amide bonds. The van der Waals surface area contributed by atoms with Gasteiger partial charge in [0.2, 0.25) is 0 Å². The molecule has 0 spiro atoms. The number of aliphatic hydroxyl groups excluding tert-OH is 1. The maximum Gasteiger partial charge on any atom is 0.407 e. The van der Waals surface area contributed by atoms with Gasteiger partial charge in [0, 0.05) is 6.54 Å². The topological polar surface area (TPSA) is 105 Å². The van der Waals surface area contributed by atoms with Crippen molar-refractivity contribution in [3.05, 3.63) is 144 Å².